The second-order valence-electron chi connectivity index (χ2n) is 6.42. The zero-order valence-corrected chi connectivity index (χ0v) is 15.2. The first-order chi connectivity index (χ1) is 12.3. The van der Waals surface area contributed by atoms with Crippen LogP contribution in [0.5, 0.6) is 5.75 Å². The van der Waals surface area contributed by atoms with E-state index in [0.29, 0.717) is 30.8 Å². The molecule has 0 aliphatic heterocycles. The molecule has 140 valence electrons. The number of hydrazine groups is 1. The number of benzene rings is 1. The number of rotatable bonds is 5. The summed E-state index contributed by atoms with van der Waals surface area (Å²) in [5.74, 6) is -2.96. The number of nitrogens with one attached hydrogen (secondary N) is 2. The van der Waals surface area contributed by atoms with Gasteiger partial charge >= 0.3 is 5.97 Å². The maximum absolute atomic E-state index is 12.4. The molecule has 1 aliphatic carbocycles. The van der Waals surface area contributed by atoms with Crippen molar-refractivity contribution in [2.24, 2.45) is 11.8 Å². The third-order valence-corrected chi connectivity index (χ3v) is 4.63. The molecule has 0 bridgehead atoms. The largest absolute Gasteiger partial charge is 0.494 e. The summed E-state index contributed by atoms with van der Waals surface area (Å²) < 4.78 is 5.34. The molecule has 0 aromatic heterocycles. The van der Waals surface area contributed by atoms with Gasteiger partial charge in [-0.3, -0.25) is 25.2 Å². The quantitative estimate of drug-likeness (QED) is 0.552. The van der Waals surface area contributed by atoms with Crippen LogP contribution < -0.4 is 15.6 Å². The Hall–Kier alpha value is -2.83. The molecule has 2 atom stereocenters. The predicted molar refractivity (Wildman–Crippen MR) is 95.4 cm³/mol. The van der Waals surface area contributed by atoms with Gasteiger partial charge in [-0.05, 0) is 51.8 Å². The molecule has 0 radical (unpaired) electrons. The summed E-state index contributed by atoms with van der Waals surface area (Å²) in [6, 6.07) is 6.58. The number of hydrogen-bond donors (Lipinski definition) is 3. The van der Waals surface area contributed by atoms with E-state index in [4.69, 9.17) is 4.74 Å². The Kier molecular flexibility index (Phi) is 6.38. The fourth-order valence-corrected chi connectivity index (χ4v) is 3.00. The minimum atomic E-state index is -1.01. The first-order valence-electron chi connectivity index (χ1n) is 8.54. The van der Waals surface area contributed by atoms with Gasteiger partial charge in [-0.2, -0.15) is 0 Å². The maximum Gasteiger partial charge on any atom is 0.307 e. The lowest BCUT2D eigenvalue weighted by Gasteiger charge is -2.29. The molecule has 0 unspecified atom stereocenters. The monoisotopic (exact) mass is 360 g/mol. The number of amides is 2. The second kappa shape index (κ2) is 8.51. The van der Waals surface area contributed by atoms with Gasteiger partial charge < -0.3 is 9.84 Å². The molecule has 1 aliphatic rings. The van der Waals surface area contributed by atoms with Gasteiger partial charge in [-0.1, -0.05) is 17.2 Å². The predicted octanol–water partition coefficient (Wildman–Crippen LogP) is 2.29. The van der Waals surface area contributed by atoms with Crippen molar-refractivity contribution in [2.75, 3.05) is 6.61 Å². The summed E-state index contributed by atoms with van der Waals surface area (Å²) in [4.78, 5) is 36.1. The molecule has 2 rings (SSSR count). The number of carboxylic acids is 1. The fourth-order valence-electron chi connectivity index (χ4n) is 3.00. The lowest BCUT2D eigenvalue weighted by Crippen LogP contribution is -2.48. The third kappa shape index (κ3) is 4.62. The van der Waals surface area contributed by atoms with Crippen molar-refractivity contribution in [3.63, 3.8) is 0 Å². The standard InChI is InChI=1S/C19H24N2O5/c1-4-26-14-7-5-6-13(10-14)17(22)20-21-18(23)15-8-11(2)12(3)9-16(15)19(24)25/h5-7,10,15-16H,4,8-9H2,1-3H3,(H,20,22)(H,21,23)(H,24,25)/t15-,16+/m0/s1. The summed E-state index contributed by atoms with van der Waals surface area (Å²) in [5.41, 5.74) is 7.05. The van der Waals surface area contributed by atoms with E-state index in [0.717, 1.165) is 11.1 Å². The van der Waals surface area contributed by atoms with E-state index in [1.54, 1.807) is 24.3 Å². The maximum atomic E-state index is 12.4. The van der Waals surface area contributed by atoms with Gasteiger partial charge in [0, 0.05) is 5.56 Å². The highest BCUT2D eigenvalue weighted by Gasteiger charge is 2.37. The van der Waals surface area contributed by atoms with Crippen LogP contribution in [0.25, 0.3) is 0 Å². The topological polar surface area (TPSA) is 105 Å². The average molecular weight is 360 g/mol. The van der Waals surface area contributed by atoms with Gasteiger partial charge in [-0.25, -0.2) is 0 Å². The van der Waals surface area contributed by atoms with Crippen LogP contribution >= 0.6 is 0 Å². The van der Waals surface area contributed by atoms with E-state index in [1.165, 1.54) is 0 Å². The lowest BCUT2D eigenvalue weighted by atomic mass is 9.76. The van der Waals surface area contributed by atoms with Crippen LogP contribution in [0.3, 0.4) is 0 Å². The van der Waals surface area contributed by atoms with Crippen molar-refractivity contribution < 1.29 is 24.2 Å². The molecular weight excluding hydrogens is 336 g/mol. The van der Waals surface area contributed by atoms with Crippen LogP contribution in [0.2, 0.25) is 0 Å². The molecule has 2 amide bonds. The van der Waals surface area contributed by atoms with Crippen LogP contribution in [0.15, 0.2) is 35.4 Å². The molecule has 26 heavy (non-hydrogen) atoms. The fraction of sp³-hybridized carbons (Fsp3) is 0.421. The van der Waals surface area contributed by atoms with Gasteiger partial charge in [0.05, 0.1) is 18.4 Å². The zero-order valence-electron chi connectivity index (χ0n) is 15.2. The molecule has 1 aromatic carbocycles. The molecule has 0 fully saturated rings. The first kappa shape index (κ1) is 19.5. The highest BCUT2D eigenvalue weighted by atomic mass is 16.5. The Morgan fingerprint density at radius 1 is 1.12 bits per heavy atom. The van der Waals surface area contributed by atoms with E-state index in [2.05, 4.69) is 10.9 Å². The van der Waals surface area contributed by atoms with Gasteiger partial charge in [0.15, 0.2) is 0 Å². The van der Waals surface area contributed by atoms with Crippen molar-refractivity contribution in [3.8, 4) is 5.75 Å². The van der Waals surface area contributed by atoms with E-state index in [9.17, 15) is 19.5 Å². The van der Waals surface area contributed by atoms with Crippen molar-refractivity contribution >= 4 is 17.8 Å². The molecule has 0 heterocycles. The van der Waals surface area contributed by atoms with E-state index >= 15 is 0 Å². The lowest BCUT2D eigenvalue weighted by molar-refractivity contribution is -0.147. The van der Waals surface area contributed by atoms with Gasteiger partial charge in [0.25, 0.3) is 5.91 Å². The summed E-state index contributed by atoms with van der Waals surface area (Å²) in [6.07, 6.45) is 0.702. The minimum Gasteiger partial charge on any atom is -0.494 e. The Labute approximate surface area is 152 Å². The van der Waals surface area contributed by atoms with Crippen LogP contribution in [0.4, 0.5) is 0 Å². The highest BCUT2D eigenvalue weighted by Crippen LogP contribution is 2.34. The minimum absolute atomic E-state index is 0.335. The smallest absolute Gasteiger partial charge is 0.307 e. The summed E-state index contributed by atoms with van der Waals surface area (Å²) in [7, 11) is 0. The van der Waals surface area contributed by atoms with Gasteiger partial charge in [0.2, 0.25) is 5.91 Å². The Bertz CT molecular complexity index is 741. The van der Waals surface area contributed by atoms with Crippen LogP contribution in [0, 0.1) is 11.8 Å². The van der Waals surface area contributed by atoms with Crippen molar-refractivity contribution in [3.05, 3.63) is 41.0 Å². The molecule has 7 nitrogen and oxygen atoms in total. The normalized spacial score (nSPS) is 19.7. The van der Waals surface area contributed by atoms with Crippen molar-refractivity contribution in [1.29, 1.82) is 0 Å². The Balaban J connectivity index is 2.02. The molecule has 3 N–H and O–H groups in total. The van der Waals surface area contributed by atoms with Crippen LogP contribution in [-0.4, -0.2) is 29.5 Å². The number of hydrogen-bond acceptors (Lipinski definition) is 4. The molecule has 1 aromatic rings. The number of allylic oxidation sites excluding steroid dienone is 2. The van der Waals surface area contributed by atoms with E-state index < -0.39 is 29.6 Å². The van der Waals surface area contributed by atoms with Gasteiger partial charge in [-0.15, -0.1) is 0 Å². The highest BCUT2D eigenvalue weighted by molar-refractivity contribution is 5.96. The number of ether oxygens (including phenoxy) is 1. The number of carbonyl (C=O) groups excluding carboxylic acids is 2. The molecule has 7 heteroatoms. The molecular formula is C19H24N2O5. The third-order valence-electron chi connectivity index (χ3n) is 4.63. The summed E-state index contributed by atoms with van der Waals surface area (Å²) in [5, 5.41) is 9.39. The zero-order chi connectivity index (χ0) is 19.3. The van der Waals surface area contributed by atoms with Gasteiger partial charge in [0.1, 0.15) is 5.75 Å². The van der Waals surface area contributed by atoms with Crippen LogP contribution in [0.1, 0.15) is 44.0 Å². The first-order valence-corrected chi connectivity index (χ1v) is 8.54. The molecule has 0 saturated carbocycles. The number of carboxylic acid groups (broad SMARTS) is 1. The Morgan fingerprint density at radius 2 is 1.77 bits per heavy atom. The molecule has 0 spiro atoms. The average Bonchev–Trinajstić information content (AvgIpc) is 2.61. The Morgan fingerprint density at radius 3 is 2.38 bits per heavy atom. The van der Waals surface area contributed by atoms with Crippen LogP contribution in [-0.2, 0) is 9.59 Å². The summed E-state index contributed by atoms with van der Waals surface area (Å²) in [6.45, 7) is 6.10. The van der Waals surface area contributed by atoms with E-state index in [-0.39, 0.29) is 0 Å². The SMILES string of the molecule is CCOc1cccc(C(=O)NNC(=O)[C@H]2CC(C)=C(C)C[C@H]2C(=O)O)c1. The van der Waals surface area contributed by atoms with E-state index in [1.807, 2.05) is 20.8 Å². The number of aliphatic carboxylic acids is 1. The van der Waals surface area contributed by atoms with Crippen molar-refractivity contribution in [2.45, 2.75) is 33.6 Å². The van der Waals surface area contributed by atoms with Crippen molar-refractivity contribution in [1.82, 2.24) is 10.9 Å². The molecule has 0 saturated heterocycles. The summed E-state index contributed by atoms with van der Waals surface area (Å²) >= 11 is 0. The second-order valence-corrected chi connectivity index (χ2v) is 6.42. The number of carbonyl (C=O) groups is 3.